The predicted octanol–water partition coefficient (Wildman–Crippen LogP) is 1.72. The molecule has 0 saturated heterocycles. The first-order valence-corrected chi connectivity index (χ1v) is 5.13. The van der Waals surface area contributed by atoms with Crippen molar-refractivity contribution >= 4 is 12.4 Å². The molecule has 98 valence electrons. The molecule has 0 spiro atoms. The summed E-state index contributed by atoms with van der Waals surface area (Å²) in [5.41, 5.74) is 0.825. The standard InChI is InChI=1S/C12H19NO3.ClH/c1-13(2)8-10(14)9-5-6-11(15-3)12(7-9)16-4;/h5-7,10,14H,8H2,1-4H3;1H/t10-;/m0./s1. The minimum absolute atomic E-state index is 0. The van der Waals surface area contributed by atoms with E-state index < -0.39 is 6.10 Å². The Bertz CT molecular complexity index is 345. The van der Waals surface area contributed by atoms with Gasteiger partial charge in [-0.05, 0) is 31.8 Å². The van der Waals surface area contributed by atoms with Crippen LogP contribution in [0, 0.1) is 0 Å². The maximum atomic E-state index is 9.94. The molecule has 0 aliphatic heterocycles. The molecule has 0 aliphatic rings. The van der Waals surface area contributed by atoms with E-state index in [1.54, 1.807) is 26.4 Å². The Morgan fingerprint density at radius 2 is 1.76 bits per heavy atom. The Balaban J connectivity index is 0.00000256. The van der Waals surface area contributed by atoms with E-state index in [1.807, 2.05) is 25.1 Å². The maximum Gasteiger partial charge on any atom is 0.161 e. The summed E-state index contributed by atoms with van der Waals surface area (Å²) in [6.45, 7) is 0.579. The number of rotatable bonds is 5. The molecule has 0 saturated carbocycles. The van der Waals surface area contributed by atoms with Gasteiger partial charge in [-0.25, -0.2) is 0 Å². The van der Waals surface area contributed by atoms with Crippen molar-refractivity contribution in [3.63, 3.8) is 0 Å². The highest BCUT2D eigenvalue weighted by Gasteiger charge is 2.12. The summed E-state index contributed by atoms with van der Waals surface area (Å²) in [6, 6.07) is 5.44. The van der Waals surface area contributed by atoms with Crippen molar-refractivity contribution in [1.82, 2.24) is 4.90 Å². The molecule has 1 aromatic carbocycles. The van der Waals surface area contributed by atoms with E-state index in [2.05, 4.69) is 0 Å². The highest BCUT2D eigenvalue weighted by Crippen LogP contribution is 2.29. The SMILES string of the molecule is COc1ccc([C@@H](O)CN(C)C)cc1OC.Cl. The van der Waals surface area contributed by atoms with Gasteiger partial charge in [-0.3, -0.25) is 0 Å². The zero-order valence-corrected chi connectivity index (χ0v) is 11.5. The third kappa shape index (κ3) is 4.42. The average Bonchev–Trinajstić information content (AvgIpc) is 2.27. The number of halogens is 1. The normalized spacial score (nSPS) is 11.9. The summed E-state index contributed by atoms with van der Waals surface area (Å²) in [4.78, 5) is 1.93. The zero-order valence-electron chi connectivity index (χ0n) is 10.6. The van der Waals surface area contributed by atoms with Crippen LogP contribution in [0.5, 0.6) is 11.5 Å². The number of likely N-dealkylation sites (N-methyl/N-ethyl adjacent to an activating group) is 1. The van der Waals surface area contributed by atoms with Crippen LogP contribution in [0.25, 0.3) is 0 Å². The number of aliphatic hydroxyl groups is 1. The van der Waals surface area contributed by atoms with Crippen LogP contribution in [-0.2, 0) is 0 Å². The highest BCUT2D eigenvalue weighted by atomic mass is 35.5. The van der Waals surface area contributed by atoms with Gasteiger partial charge in [-0.2, -0.15) is 0 Å². The molecule has 17 heavy (non-hydrogen) atoms. The van der Waals surface area contributed by atoms with Crippen LogP contribution in [0.1, 0.15) is 11.7 Å². The topological polar surface area (TPSA) is 41.9 Å². The quantitative estimate of drug-likeness (QED) is 0.877. The number of nitrogens with zero attached hydrogens (tertiary/aromatic N) is 1. The van der Waals surface area contributed by atoms with E-state index in [4.69, 9.17) is 9.47 Å². The minimum atomic E-state index is -0.519. The van der Waals surface area contributed by atoms with Crippen LogP contribution < -0.4 is 9.47 Å². The van der Waals surface area contributed by atoms with Gasteiger partial charge in [-0.15, -0.1) is 12.4 Å². The first kappa shape index (κ1) is 16.0. The molecule has 1 atom stereocenters. The van der Waals surface area contributed by atoms with Crippen LogP contribution in [0.15, 0.2) is 18.2 Å². The van der Waals surface area contributed by atoms with Gasteiger partial charge in [0.25, 0.3) is 0 Å². The number of aliphatic hydroxyl groups excluding tert-OH is 1. The molecular formula is C12H20ClNO3. The number of ether oxygens (including phenoxy) is 2. The van der Waals surface area contributed by atoms with Gasteiger partial charge in [0.1, 0.15) is 0 Å². The largest absolute Gasteiger partial charge is 0.493 e. The fraction of sp³-hybridized carbons (Fsp3) is 0.500. The van der Waals surface area contributed by atoms with Crippen LogP contribution in [0.3, 0.4) is 0 Å². The van der Waals surface area contributed by atoms with E-state index in [1.165, 1.54) is 0 Å². The molecule has 0 aromatic heterocycles. The molecule has 5 heteroatoms. The second-order valence-electron chi connectivity index (χ2n) is 3.89. The van der Waals surface area contributed by atoms with Crippen molar-refractivity contribution in [2.45, 2.75) is 6.10 Å². The molecule has 0 aliphatic carbocycles. The van der Waals surface area contributed by atoms with Crippen molar-refractivity contribution in [2.75, 3.05) is 34.9 Å². The number of methoxy groups -OCH3 is 2. The second-order valence-corrected chi connectivity index (χ2v) is 3.89. The lowest BCUT2D eigenvalue weighted by atomic mass is 10.1. The van der Waals surface area contributed by atoms with Crippen molar-refractivity contribution in [3.05, 3.63) is 23.8 Å². The summed E-state index contributed by atoms with van der Waals surface area (Å²) in [5.74, 6) is 1.31. The average molecular weight is 262 g/mol. The first-order chi connectivity index (χ1) is 7.58. The van der Waals surface area contributed by atoms with Gasteiger partial charge in [0.05, 0.1) is 20.3 Å². The monoisotopic (exact) mass is 261 g/mol. The van der Waals surface area contributed by atoms with Crippen LogP contribution in [-0.4, -0.2) is 44.9 Å². The Hall–Kier alpha value is -0.970. The minimum Gasteiger partial charge on any atom is -0.493 e. The first-order valence-electron chi connectivity index (χ1n) is 5.13. The van der Waals surface area contributed by atoms with E-state index in [0.717, 1.165) is 5.56 Å². The predicted molar refractivity (Wildman–Crippen MR) is 70.3 cm³/mol. The lowest BCUT2D eigenvalue weighted by molar-refractivity contribution is 0.138. The van der Waals surface area contributed by atoms with Crippen molar-refractivity contribution in [2.24, 2.45) is 0 Å². The number of hydrogen-bond acceptors (Lipinski definition) is 4. The maximum absolute atomic E-state index is 9.94. The summed E-state index contributed by atoms with van der Waals surface area (Å²) >= 11 is 0. The molecule has 4 nitrogen and oxygen atoms in total. The number of hydrogen-bond donors (Lipinski definition) is 1. The molecule has 1 N–H and O–H groups in total. The van der Waals surface area contributed by atoms with Gasteiger partial charge in [0, 0.05) is 6.54 Å². The highest BCUT2D eigenvalue weighted by molar-refractivity contribution is 5.85. The second kappa shape index (κ2) is 7.37. The lowest BCUT2D eigenvalue weighted by Gasteiger charge is -2.17. The lowest BCUT2D eigenvalue weighted by Crippen LogP contribution is -2.20. The van der Waals surface area contributed by atoms with Crippen molar-refractivity contribution in [1.29, 1.82) is 0 Å². The molecule has 0 bridgehead atoms. The van der Waals surface area contributed by atoms with Gasteiger partial charge >= 0.3 is 0 Å². The third-order valence-corrected chi connectivity index (χ3v) is 2.33. The molecule has 0 amide bonds. The summed E-state index contributed by atoms with van der Waals surface area (Å²) in [7, 11) is 7.02. The smallest absolute Gasteiger partial charge is 0.161 e. The van der Waals surface area contributed by atoms with Gasteiger partial charge in [0.2, 0.25) is 0 Å². The molecule has 1 aromatic rings. The van der Waals surface area contributed by atoms with Crippen LogP contribution in [0.2, 0.25) is 0 Å². The molecule has 0 heterocycles. The molecule has 0 unspecified atom stereocenters. The Morgan fingerprint density at radius 3 is 2.24 bits per heavy atom. The Kier molecular flexibility index (Phi) is 6.95. The summed E-state index contributed by atoms with van der Waals surface area (Å²) in [5, 5.41) is 9.94. The fourth-order valence-corrected chi connectivity index (χ4v) is 1.51. The van der Waals surface area contributed by atoms with Gasteiger partial charge < -0.3 is 19.5 Å². The van der Waals surface area contributed by atoms with Crippen molar-refractivity contribution in [3.8, 4) is 11.5 Å². The molecular weight excluding hydrogens is 242 g/mol. The van der Waals surface area contributed by atoms with E-state index >= 15 is 0 Å². The van der Waals surface area contributed by atoms with Crippen LogP contribution in [0.4, 0.5) is 0 Å². The Labute approximate surface area is 109 Å². The fourth-order valence-electron chi connectivity index (χ4n) is 1.51. The van der Waals surface area contributed by atoms with Crippen LogP contribution >= 0.6 is 12.4 Å². The zero-order chi connectivity index (χ0) is 12.1. The third-order valence-electron chi connectivity index (χ3n) is 2.33. The summed E-state index contributed by atoms with van der Waals surface area (Å²) in [6.07, 6.45) is -0.519. The molecule has 1 rings (SSSR count). The Morgan fingerprint density at radius 1 is 1.18 bits per heavy atom. The van der Waals surface area contributed by atoms with E-state index in [-0.39, 0.29) is 12.4 Å². The van der Waals surface area contributed by atoms with Crippen molar-refractivity contribution < 1.29 is 14.6 Å². The molecule has 0 fully saturated rings. The van der Waals surface area contributed by atoms with Gasteiger partial charge in [0.15, 0.2) is 11.5 Å². The van der Waals surface area contributed by atoms with Gasteiger partial charge in [-0.1, -0.05) is 6.07 Å². The molecule has 0 radical (unpaired) electrons. The number of benzene rings is 1. The van der Waals surface area contributed by atoms with E-state index in [0.29, 0.717) is 18.0 Å². The van der Waals surface area contributed by atoms with E-state index in [9.17, 15) is 5.11 Å². The summed E-state index contributed by atoms with van der Waals surface area (Å²) < 4.78 is 10.3.